The van der Waals surface area contributed by atoms with E-state index in [4.69, 9.17) is 4.74 Å². The van der Waals surface area contributed by atoms with Crippen molar-refractivity contribution < 1.29 is 14.3 Å². The first-order chi connectivity index (χ1) is 15.1. The van der Waals surface area contributed by atoms with Crippen molar-refractivity contribution in [1.29, 1.82) is 0 Å². The van der Waals surface area contributed by atoms with Crippen LogP contribution in [-0.2, 0) is 25.3 Å². The van der Waals surface area contributed by atoms with Gasteiger partial charge in [-0.2, -0.15) is 5.10 Å². The minimum Gasteiger partial charge on any atom is -0.444 e. The van der Waals surface area contributed by atoms with E-state index < -0.39 is 11.7 Å². The van der Waals surface area contributed by atoms with Gasteiger partial charge in [0.25, 0.3) is 5.91 Å². The van der Waals surface area contributed by atoms with Crippen LogP contribution in [0.5, 0.6) is 0 Å². The Morgan fingerprint density at radius 2 is 1.75 bits per heavy atom. The van der Waals surface area contributed by atoms with Crippen molar-refractivity contribution in [2.75, 3.05) is 6.54 Å². The molecule has 0 aliphatic carbocycles. The summed E-state index contributed by atoms with van der Waals surface area (Å²) >= 11 is 0. The molecule has 0 saturated heterocycles. The summed E-state index contributed by atoms with van der Waals surface area (Å²) in [5, 5.41) is 10.0. The third-order valence-electron chi connectivity index (χ3n) is 4.99. The van der Waals surface area contributed by atoms with Crippen LogP contribution in [0.25, 0.3) is 11.4 Å². The summed E-state index contributed by atoms with van der Waals surface area (Å²) in [6, 6.07) is 15.1. The fourth-order valence-corrected chi connectivity index (χ4v) is 3.47. The molecule has 2 N–H and O–H groups in total. The third-order valence-corrected chi connectivity index (χ3v) is 4.99. The maximum atomic E-state index is 13.1. The van der Waals surface area contributed by atoms with Gasteiger partial charge < -0.3 is 19.9 Å². The molecule has 2 heterocycles. The number of carbonyl (C=O) groups excluding carboxylic acids is 2. The molecular formula is C24H31N5O3. The van der Waals surface area contributed by atoms with Gasteiger partial charge in [0.2, 0.25) is 0 Å². The van der Waals surface area contributed by atoms with Crippen molar-refractivity contribution in [1.82, 2.24) is 25.0 Å². The largest absolute Gasteiger partial charge is 0.444 e. The summed E-state index contributed by atoms with van der Waals surface area (Å²) in [6.45, 7) is 5.68. The van der Waals surface area contributed by atoms with E-state index in [1.54, 1.807) is 16.9 Å². The van der Waals surface area contributed by atoms with Gasteiger partial charge in [-0.1, -0.05) is 30.3 Å². The molecule has 8 heteroatoms. The van der Waals surface area contributed by atoms with Crippen LogP contribution < -0.4 is 10.6 Å². The number of hydrogen-bond acceptors (Lipinski definition) is 4. The molecule has 8 nitrogen and oxygen atoms in total. The van der Waals surface area contributed by atoms with Gasteiger partial charge in [-0.05, 0) is 51.0 Å². The van der Waals surface area contributed by atoms with Crippen LogP contribution in [0.1, 0.15) is 36.8 Å². The van der Waals surface area contributed by atoms with Crippen molar-refractivity contribution in [2.24, 2.45) is 14.1 Å². The summed E-state index contributed by atoms with van der Waals surface area (Å²) in [4.78, 5) is 25.2. The minimum absolute atomic E-state index is 0.215. The molecule has 0 spiro atoms. The average molecular weight is 438 g/mol. The number of alkyl carbamates (subject to hydrolysis) is 1. The molecule has 32 heavy (non-hydrogen) atoms. The number of nitrogens with zero attached hydrogens (tertiary/aromatic N) is 3. The van der Waals surface area contributed by atoms with E-state index in [0.29, 0.717) is 12.1 Å². The fourth-order valence-electron chi connectivity index (χ4n) is 3.47. The Bertz CT molecular complexity index is 1060. The quantitative estimate of drug-likeness (QED) is 0.594. The van der Waals surface area contributed by atoms with Crippen LogP contribution in [0.3, 0.4) is 0 Å². The maximum Gasteiger partial charge on any atom is 0.407 e. The van der Waals surface area contributed by atoms with Crippen molar-refractivity contribution in [3.63, 3.8) is 0 Å². The number of rotatable bonds is 7. The Labute approximate surface area is 188 Å². The zero-order valence-corrected chi connectivity index (χ0v) is 19.3. The first-order valence-electron chi connectivity index (χ1n) is 10.6. The van der Waals surface area contributed by atoms with E-state index in [2.05, 4.69) is 15.7 Å². The maximum absolute atomic E-state index is 13.1. The SMILES string of the molecule is Cn1nccc1-c1ccc(C(=O)NC(CNC(=O)OC(C)(C)C)Cc2ccccc2)n1C. The highest BCUT2D eigenvalue weighted by molar-refractivity contribution is 5.94. The van der Waals surface area contributed by atoms with Gasteiger partial charge in [0, 0.05) is 26.8 Å². The van der Waals surface area contributed by atoms with Crippen molar-refractivity contribution >= 4 is 12.0 Å². The number of hydrogen-bond donors (Lipinski definition) is 2. The second-order valence-corrected chi connectivity index (χ2v) is 8.75. The van der Waals surface area contributed by atoms with E-state index in [1.807, 2.05) is 81.9 Å². The number of aryl methyl sites for hydroxylation is 1. The first kappa shape index (κ1) is 23.1. The van der Waals surface area contributed by atoms with Crippen LogP contribution in [0.2, 0.25) is 0 Å². The Hall–Kier alpha value is -3.55. The lowest BCUT2D eigenvalue weighted by molar-refractivity contribution is 0.0519. The molecule has 1 unspecified atom stereocenters. The number of carbonyl (C=O) groups is 2. The molecule has 170 valence electrons. The molecule has 0 saturated carbocycles. The smallest absolute Gasteiger partial charge is 0.407 e. The van der Waals surface area contributed by atoms with Gasteiger partial charge >= 0.3 is 6.09 Å². The van der Waals surface area contributed by atoms with Crippen molar-refractivity contribution in [3.8, 4) is 11.4 Å². The molecule has 0 aliphatic heterocycles. The summed E-state index contributed by atoms with van der Waals surface area (Å²) in [5.74, 6) is -0.215. The molecule has 0 radical (unpaired) electrons. The first-order valence-corrected chi connectivity index (χ1v) is 10.6. The fraction of sp³-hybridized carbons (Fsp3) is 0.375. The van der Waals surface area contributed by atoms with Gasteiger partial charge in [0.05, 0.1) is 17.4 Å². The normalized spacial score (nSPS) is 12.3. The molecule has 0 aliphatic rings. The Kier molecular flexibility index (Phi) is 7.02. The van der Waals surface area contributed by atoms with Crippen molar-refractivity contribution in [2.45, 2.75) is 38.8 Å². The van der Waals surface area contributed by atoms with Crippen molar-refractivity contribution in [3.05, 3.63) is 66.0 Å². The second kappa shape index (κ2) is 9.72. The van der Waals surface area contributed by atoms with E-state index >= 15 is 0 Å². The molecule has 1 aromatic carbocycles. The van der Waals surface area contributed by atoms with Crippen LogP contribution in [0, 0.1) is 0 Å². The van der Waals surface area contributed by atoms with Gasteiger partial charge in [0.1, 0.15) is 11.3 Å². The Balaban J connectivity index is 1.73. The number of amides is 2. The highest BCUT2D eigenvalue weighted by Gasteiger charge is 2.21. The highest BCUT2D eigenvalue weighted by Crippen LogP contribution is 2.20. The Morgan fingerprint density at radius 1 is 1.03 bits per heavy atom. The lowest BCUT2D eigenvalue weighted by Crippen LogP contribution is -2.46. The molecule has 2 aromatic heterocycles. The molecule has 3 aromatic rings. The van der Waals surface area contributed by atoms with Crippen LogP contribution in [-0.4, -0.2) is 44.5 Å². The van der Waals surface area contributed by atoms with Gasteiger partial charge in [-0.25, -0.2) is 4.79 Å². The van der Waals surface area contributed by atoms with E-state index in [0.717, 1.165) is 17.0 Å². The lowest BCUT2D eigenvalue weighted by Gasteiger charge is -2.23. The molecule has 2 amide bonds. The van der Waals surface area contributed by atoms with Crippen LogP contribution >= 0.6 is 0 Å². The predicted octanol–water partition coefficient (Wildman–Crippen LogP) is 3.29. The second-order valence-electron chi connectivity index (χ2n) is 8.75. The van der Waals surface area contributed by atoms with E-state index in [1.165, 1.54) is 0 Å². The van der Waals surface area contributed by atoms with Crippen LogP contribution in [0.4, 0.5) is 4.79 Å². The van der Waals surface area contributed by atoms with Crippen LogP contribution in [0.15, 0.2) is 54.7 Å². The monoisotopic (exact) mass is 437 g/mol. The summed E-state index contributed by atoms with van der Waals surface area (Å²) < 4.78 is 8.93. The zero-order valence-electron chi connectivity index (χ0n) is 19.3. The summed E-state index contributed by atoms with van der Waals surface area (Å²) in [7, 11) is 3.71. The molecular weight excluding hydrogens is 406 g/mol. The van der Waals surface area contributed by atoms with Gasteiger partial charge in [-0.3, -0.25) is 9.48 Å². The molecule has 3 rings (SSSR count). The molecule has 0 fully saturated rings. The number of benzene rings is 1. The third kappa shape index (κ3) is 6.00. The Morgan fingerprint density at radius 3 is 2.38 bits per heavy atom. The number of ether oxygens (including phenoxy) is 1. The lowest BCUT2D eigenvalue weighted by atomic mass is 10.1. The number of aromatic nitrogens is 3. The highest BCUT2D eigenvalue weighted by atomic mass is 16.6. The average Bonchev–Trinajstić information content (AvgIpc) is 3.30. The summed E-state index contributed by atoms with van der Waals surface area (Å²) in [5.41, 5.74) is 2.80. The molecule has 0 bridgehead atoms. The predicted molar refractivity (Wildman–Crippen MR) is 123 cm³/mol. The van der Waals surface area contributed by atoms with Gasteiger partial charge in [0.15, 0.2) is 0 Å². The van der Waals surface area contributed by atoms with E-state index in [9.17, 15) is 9.59 Å². The van der Waals surface area contributed by atoms with Gasteiger partial charge in [-0.15, -0.1) is 0 Å². The zero-order chi connectivity index (χ0) is 23.3. The number of nitrogens with one attached hydrogen (secondary N) is 2. The minimum atomic E-state index is -0.590. The standard InChI is InChI=1S/C24H31N5O3/c1-24(2,3)32-23(31)25-16-18(15-17-9-7-6-8-10-17)27-22(30)21-12-11-19(28(21)4)20-13-14-26-29(20)5/h6-14,18H,15-16H2,1-5H3,(H,25,31)(H,27,30). The molecule has 1 atom stereocenters. The van der Waals surface area contributed by atoms with E-state index in [-0.39, 0.29) is 18.5 Å². The summed E-state index contributed by atoms with van der Waals surface area (Å²) in [6.07, 6.45) is 1.78. The topological polar surface area (TPSA) is 90.2 Å².